The van der Waals surface area contributed by atoms with Gasteiger partial charge >= 0.3 is 20.4 Å². The van der Waals surface area contributed by atoms with Crippen LogP contribution in [0.15, 0.2) is 0 Å². The van der Waals surface area contributed by atoms with Crippen molar-refractivity contribution in [3.63, 3.8) is 0 Å². The molecule has 0 heterocycles. The van der Waals surface area contributed by atoms with Crippen LogP contribution in [0.5, 0.6) is 0 Å². The summed E-state index contributed by atoms with van der Waals surface area (Å²) in [5, 5.41) is 0.417. The van der Waals surface area contributed by atoms with E-state index in [0.717, 1.165) is 0 Å². The number of rotatable bonds is 0. The van der Waals surface area contributed by atoms with Crippen molar-refractivity contribution in [1.29, 1.82) is 0 Å². The van der Waals surface area contributed by atoms with Crippen molar-refractivity contribution in [3.05, 3.63) is 0 Å². The fraction of sp³-hybridized carbons (Fsp3) is 1.00. The Morgan fingerprint density at radius 1 is 1.00 bits per heavy atom. The summed E-state index contributed by atoms with van der Waals surface area (Å²) in [5.41, 5.74) is 0. The van der Waals surface area contributed by atoms with Gasteiger partial charge in [-0.15, -0.1) is 9.24 Å². The van der Waals surface area contributed by atoms with Gasteiger partial charge in [-0.25, -0.2) is 0 Å². The Kier molecular flexibility index (Phi) is 25.4. The molecule has 0 N–H and O–H groups in total. The van der Waals surface area contributed by atoms with Crippen LogP contribution < -0.4 is 34.0 Å². The van der Waals surface area contributed by atoms with Crippen molar-refractivity contribution in [2.24, 2.45) is 0 Å². The Labute approximate surface area is 89.0 Å². The van der Waals surface area contributed by atoms with Crippen LogP contribution in [0.1, 0.15) is 20.8 Å². The zero-order valence-electron chi connectivity index (χ0n) is 5.15. The molecule has 0 aromatic carbocycles. The van der Waals surface area contributed by atoms with Crippen LogP contribution in [0, 0.1) is 0 Å². The van der Waals surface area contributed by atoms with Crippen LogP contribution in [-0.2, 0) is 20.4 Å². The fourth-order valence-corrected chi connectivity index (χ4v) is 0. The SMILES string of the molecule is CC(C)(C)P.[Br-].[Br-].[Pd+2]. The van der Waals surface area contributed by atoms with Gasteiger partial charge < -0.3 is 34.0 Å². The standard InChI is InChI=1S/C4H11P.2BrH.Pd/c1-4(2,3)5;;;/h5H2,1-3H3;2*1H;/q;;;+2/p-2. The molecule has 0 saturated heterocycles. The fourth-order valence-electron chi connectivity index (χ4n) is 0. The summed E-state index contributed by atoms with van der Waals surface area (Å²) < 4.78 is 0. The summed E-state index contributed by atoms with van der Waals surface area (Å²) in [6.45, 7) is 6.45. The van der Waals surface area contributed by atoms with Crippen LogP contribution in [0.3, 0.4) is 0 Å². The van der Waals surface area contributed by atoms with Gasteiger partial charge in [0.2, 0.25) is 0 Å². The molecule has 0 nitrogen and oxygen atoms in total. The topological polar surface area (TPSA) is 0 Å². The van der Waals surface area contributed by atoms with Crippen LogP contribution in [0.2, 0.25) is 0 Å². The predicted molar refractivity (Wildman–Crippen MR) is 29.5 cm³/mol. The molecule has 56 valence electrons. The van der Waals surface area contributed by atoms with E-state index in [-0.39, 0.29) is 54.4 Å². The molecule has 1 atom stereocenters. The van der Waals surface area contributed by atoms with Crippen molar-refractivity contribution in [2.45, 2.75) is 25.9 Å². The molecule has 0 fully saturated rings. The van der Waals surface area contributed by atoms with Gasteiger partial charge in [0.25, 0.3) is 0 Å². The first-order valence-corrected chi connectivity index (χ1v) is 2.37. The molecule has 0 spiro atoms. The minimum atomic E-state index is 0. The quantitative estimate of drug-likeness (QED) is 0.304. The van der Waals surface area contributed by atoms with Crippen molar-refractivity contribution in [2.75, 3.05) is 0 Å². The maximum absolute atomic E-state index is 2.72. The van der Waals surface area contributed by atoms with Gasteiger partial charge in [-0.05, 0) is 5.16 Å². The van der Waals surface area contributed by atoms with E-state index in [2.05, 4.69) is 30.0 Å². The molecule has 0 radical (unpaired) electrons. The second-order valence-corrected chi connectivity index (χ2v) is 4.10. The zero-order valence-corrected chi connectivity index (χ0v) is 11.0. The summed E-state index contributed by atoms with van der Waals surface area (Å²) in [5.74, 6) is 0. The molecule has 0 aromatic heterocycles. The second-order valence-electron chi connectivity index (χ2n) is 2.37. The molecule has 0 rings (SSSR count). The Morgan fingerprint density at radius 2 is 1.00 bits per heavy atom. The average molecular weight is 356 g/mol. The molecule has 0 aliphatic rings. The molecule has 0 saturated carbocycles. The largest absolute Gasteiger partial charge is 2.00 e. The van der Waals surface area contributed by atoms with E-state index in [4.69, 9.17) is 0 Å². The summed E-state index contributed by atoms with van der Waals surface area (Å²) in [4.78, 5) is 0. The summed E-state index contributed by atoms with van der Waals surface area (Å²) >= 11 is 0. The van der Waals surface area contributed by atoms with Gasteiger partial charge in [0, 0.05) is 0 Å². The van der Waals surface area contributed by atoms with Gasteiger partial charge in [0.1, 0.15) is 0 Å². The number of halogens is 2. The first-order chi connectivity index (χ1) is 2.00. The maximum Gasteiger partial charge on any atom is 2.00 e. The molecule has 0 aromatic rings. The van der Waals surface area contributed by atoms with E-state index in [1.165, 1.54) is 0 Å². The van der Waals surface area contributed by atoms with Crippen molar-refractivity contribution < 1.29 is 54.4 Å². The molecule has 8 heavy (non-hydrogen) atoms. The van der Waals surface area contributed by atoms with Crippen LogP contribution >= 0.6 is 9.24 Å². The molecular weight excluding hydrogens is 345 g/mol. The summed E-state index contributed by atoms with van der Waals surface area (Å²) in [6, 6.07) is 0. The second kappa shape index (κ2) is 9.05. The Hall–Kier alpha value is 2.05. The van der Waals surface area contributed by atoms with Gasteiger partial charge in [0.05, 0.1) is 0 Å². The van der Waals surface area contributed by atoms with E-state index in [0.29, 0.717) is 5.16 Å². The number of hydrogen-bond donors (Lipinski definition) is 0. The third-order valence-electron chi connectivity index (χ3n) is 0. The Bertz CT molecular complexity index is 29.5. The van der Waals surface area contributed by atoms with Crippen LogP contribution in [-0.4, -0.2) is 5.16 Å². The van der Waals surface area contributed by atoms with E-state index in [1.807, 2.05) is 0 Å². The van der Waals surface area contributed by atoms with Crippen LogP contribution in [0.4, 0.5) is 0 Å². The van der Waals surface area contributed by atoms with E-state index >= 15 is 0 Å². The molecule has 1 unspecified atom stereocenters. The van der Waals surface area contributed by atoms with Crippen molar-refractivity contribution in [1.82, 2.24) is 0 Å². The van der Waals surface area contributed by atoms with E-state index in [9.17, 15) is 0 Å². The third-order valence-corrected chi connectivity index (χ3v) is 0. The zero-order chi connectivity index (χ0) is 4.50. The third kappa shape index (κ3) is 95.1. The average Bonchev–Trinajstić information content (AvgIpc) is 0.722. The molecule has 0 amide bonds. The van der Waals surface area contributed by atoms with Crippen molar-refractivity contribution >= 4 is 9.24 Å². The summed E-state index contributed by atoms with van der Waals surface area (Å²) in [6.07, 6.45) is 0. The molecule has 4 heteroatoms. The molecule has 0 aliphatic carbocycles. The molecular formula is C4H11Br2PPd. The molecule has 0 bridgehead atoms. The van der Waals surface area contributed by atoms with Gasteiger partial charge in [0.15, 0.2) is 0 Å². The van der Waals surface area contributed by atoms with E-state index in [1.54, 1.807) is 0 Å². The minimum absolute atomic E-state index is 0. The van der Waals surface area contributed by atoms with Gasteiger partial charge in [-0.3, -0.25) is 0 Å². The summed E-state index contributed by atoms with van der Waals surface area (Å²) in [7, 11) is 2.72. The van der Waals surface area contributed by atoms with Crippen LogP contribution in [0.25, 0.3) is 0 Å². The number of hydrogen-bond acceptors (Lipinski definition) is 0. The predicted octanol–water partition coefficient (Wildman–Crippen LogP) is -4.33. The Morgan fingerprint density at radius 3 is 1.00 bits per heavy atom. The first-order valence-electron chi connectivity index (χ1n) is 1.79. The normalized spacial score (nSPS) is 7.50. The minimum Gasteiger partial charge on any atom is -1.00 e. The molecule has 0 aliphatic heterocycles. The Balaban J connectivity index is -0.0000000267. The maximum atomic E-state index is 2.72. The van der Waals surface area contributed by atoms with Gasteiger partial charge in [-0.1, -0.05) is 20.8 Å². The smallest absolute Gasteiger partial charge is 1.00 e. The van der Waals surface area contributed by atoms with Gasteiger partial charge in [-0.2, -0.15) is 0 Å². The van der Waals surface area contributed by atoms with E-state index < -0.39 is 0 Å². The first kappa shape index (κ1) is 22.5. The van der Waals surface area contributed by atoms with Crippen molar-refractivity contribution in [3.8, 4) is 0 Å². The monoisotopic (exact) mass is 354 g/mol.